The van der Waals surface area contributed by atoms with Crippen molar-refractivity contribution in [1.82, 2.24) is 10.2 Å². The van der Waals surface area contributed by atoms with Crippen LogP contribution in [-0.4, -0.2) is 38.6 Å². The van der Waals surface area contributed by atoms with Crippen molar-refractivity contribution in [2.24, 2.45) is 0 Å². The van der Waals surface area contributed by atoms with Crippen LogP contribution < -0.4 is 10.1 Å². The quantitative estimate of drug-likeness (QED) is 0.849. The summed E-state index contributed by atoms with van der Waals surface area (Å²) in [4.78, 5) is 14.9. The highest BCUT2D eigenvalue weighted by atomic mass is 16.5. The van der Waals surface area contributed by atoms with Gasteiger partial charge in [-0.3, -0.25) is 9.69 Å². The molecule has 2 aromatic rings. The molecule has 1 amide bonds. The second kappa shape index (κ2) is 6.69. The molecule has 1 aliphatic rings. The zero-order valence-corrected chi connectivity index (χ0v) is 14.4. The molecule has 5 heteroatoms. The number of nitrogens with zero attached hydrogens (tertiary/aromatic N) is 1. The molecule has 24 heavy (non-hydrogen) atoms. The highest BCUT2D eigenvalue weighted by Crippen LogP contribution is 2.51. The predicted octanol–water partition coefficient (Wildman–Crippen LogP) is 2.74. The van der Waals surface area contributed by atoms with Crippen LogP contribution in [-0.2, 0) is 10.2 Å². The number of amides is 1. The van der Waals surface area contributed by atoms with Gasteiger partial charge in [0.15, 0.2) is 0 Å². The minimum Gasteiger partial charge on any atom is -0.496 e. The number of ether oxygens (including phenoxy) is 1. The average Bonchev–Trinajstić information content (AvgIpc) is 3.23. The summed E-state index contributed by atoms with van der Waals surface area (Å²) >= 11 is 0. The number of likely N-dealkylation sites (N-methyl/N-ethyl adjacent to an activating group) is 1. The summed E-state index contributed by atoms with van der Waals surface area (Å²) < 4.78 is 10.9. The molecule has 128 valence electrons. The molecule has 1 unspecified atom stereocenters. The van der Waals surface area contributed by atoms with Crippen LogP contribution in [0.15, 0.2) is 47.1 Å². The van der Waals surface area contributed by atoms with Gasteiger partial charge in [0.1, 0.15) is 11.5 Å². The number of hydrogen-bond acceptors (Lipinski definition) is 4. The van der Waals surface area contributed by atoms with Gasteiger partial charge in [0, 0.05) is 12.1 Å². The highest BCUT2D eigenvalue weighted by Gasteiger charge is 2.52. The molecule has 0 spiro atoms. The fourth-order valence-electron chi connectivity index (χ4n) is 3.16. The van der Waals surface area contributed by atoms with Crippen LogP contribution in [0, 0.1) is 0 Å². The lowest BCUT2D eigenvalue weighted by molar-refractivity contribution is -0.123. The molecular formula is C19H24N2O3. The molecule has 0 saturated heterocycles. The van der Waals surface area contributed by atoms with Gasteiger partial charge >= 0.3 is 0 Å². The minimum atomic E-state index is -0.452. The van der Waals surface area contributed by atoms with Gasteiger partial charge in [0.2, 0.25) is 5.91 Å². The van der Waals surface area contributed by atoms with Crippen molar-refractivity contribution in [3.8, 4) is 5.75 Å². The lowest BCUT2D eigenvalue weighted by Gasteiger charge is -2.24. The first-order chi connectivity index (χ1) is 11.6. The van der Waals surface area contributed by atoms with E-state index in [1.165, 1.54) is 0 Å². The maximum atomic E-state index is 12.9. The van der Waals surface area contributed by atoms with Gasteiger partial charge in [-0.2, -0.15) is 0 Å². The van der Waals surface area contributed by atoms with Crippen molar-refractivity contribution in [1.29, 1.82) is 0 Å². The van der Waals surface area contributed by atoms with Crippen LogP contribution in [0.4, 0.5) is 0 Å². The van der Waals surface area contributed by atoms with E-state index < -0.39 is 5.41 Å². The van der Waals surface area contributed by atoms with Crippen molar-refractivity contribution >= 4 is 5.91 Å². The van der Waals surface area contributed by atoms with Crippen LogP contribution in [0.2, 0.25) is 0 Å². The van der Waals surface area contributed by atoms with E-state index in [1.54, 1.807) is 13.4 Å². The van der Waals surface area contributed by atoms with Crippen molar-refractivity contribution in [3.63, 3.8) is 0 Å². The monoisotopic (exact) mass is 328 g/mol. The maximum Gasteiger partial charge on any atom is 0.230 e. The largest absolute Gasteiger partial charge is 0.496 e. The maximum absolute atomic E-state index is 12.9. The molecule has 1 aromatic carbocycles. The Morgan fingerprint density at radius 2 is 2.04 bits per heavy atom. The zero-order chi connectivity index (χ0) is 17.2. The predicted molar refractivity (Wildman–Crippen MR) is 92.1 cm³/mol. The Morgan fingerprint density at radius 1 is 1.29 bits per heavy atom. The van der Waals surface area contributed by atoms with E-state index in [-0.39, 0.29) is 11.9 Å². The Bertz CT molecular complexity index is 690. The van der Waals surface area contributed by atoms with Gasteiger partial charge < -0.3 is 14.5 Å². The van der Waals surface area contributed by atoms with Crippen molar-refractivity contribution in [3.05, 3.63) is 54.0 Å². The summed E-state index contributed by atoms with van der Waals surface area (Å²) in [6, 6.07) is 11.6. The summed E-state index contributed by atoms with van der Waals surface area (Å²) in [5, 5.41) is 3.11. The van der Waals surface area contributed by atoms with Gasteiger partial charge in [0.25, 0.3) is 0 Å². The topological polar surface area (TPSA) is 54.7 Å². The van der Waals surface area contributed by atoms with Gasteiger partial charge in [-0.1, -0.05) is 18.2 Å². The summed E-state index contributed by atoms with van der Waals surface area (Å²) in [7, 11) is 5.60. The number of benzene rings is 1. The molecule has 3 rings (SSSR count). The first-order valence-corrected chi connectivity index (χ1v) is 8.20. The third-order valence-electron chi connectivity index (χ3n) is 4.76. The Morgan fingerprint density at radius 3 is 2.62 bits per heavy atom. The smallest absolute Gasteiger partial charge is 0.230 e. The number of carbonyl (C=O) groups excluding carboxylic acids is 1. The number of nitrogens with one attached hydrogen (secondary N) is 1. The molecule has 1 heterocycles. The fourth-order valence-corrected chi connectivity index (χ4v) is 3.16. The fraction of sp³-hybridized carbons (Fsp3) is 0.421. The van der Waals surface area contributed by atoms with Crippen LogP contribution >= 0.6 is 0 Å². The van der Waals surface area contributed by atoms with E-state index in [4.69, 9.17) is 9.15 Å². The summed E-state index contributed by atoms with van der Waals surface area (Å²) in [5.41, 5.74) is 0.525. The van der Waals surface area contributed by atoms with Crippen LogP contribution in [0.25, 0.3) is 0 Å². The second-order valence-electron chi connectivity index (χ2n) is 6.49. The third kappa shape index (κ3) is 3.04. The highest BCUT2D eigenvalue weighted by molar-refractivity contribution is 5.92. The van der Waals surface area contributed by atoms with Gasteiger partial charge in [-0.25, -0.2) is 0 Å². The van der Waals surface area contributed by atoms with Crippen molar-refractivity contribution in [2.45, 2.75) is 24.3 Å². The molecule has 1 atom stereocenters. The van der Waals surface area contributed by atoms with Gasteiger partial charge in [0.05, 0.1) is 24.8 Å². The van der Waals surface area contributed by atoms with Crippen LogP contribution in [0.3, 0.4) is 0 Å². The van der Waals surface area contributed by atoms with E-state index in [0.717, 1.165) is 29.9 Å². The summed E-state index contributed by atoms with van der Waals surface area (Å²) in [5.74, 6) is 1.69. The number of methoxy groups -OCH3 is 1. The van der Waals surface area contributed by atoms with E-state index in [0.29, 0.717) is 6.54 Å². The molecule has 0 bridgehead atoms. The lowest BCUT2D eigenvalue weighted by Crippen LogP contribution is -2.40. The molecule has 0 aliphatic heterocycles. The molecular weight excluding hydrogens is 304 g/mol. The number of furan rings is 1. The molecule has 1 N–H and O–H groups in total. The molecule has 1 aromatic heterocycles. The number of hydrogen-bond donors (Lipinski definition) is 1. The first-order valence-electron chi connectivity index (χ1n) is 8.20. The van der Waals surface area contributed by atoms with Gasteiger partial charge in [-0.05, 0) is 45.1 Å². The number of rotatable bonds is 7. The van der Waals surface area contributed by atoms with E-state index in [9.17, 15) is 4.79 Å². The van der Waals surface area contributed by atoms with Crippen LogP contribution in [0.5, 0.6) is 5.75 Å². The molecule has 1 aliphatic carbocycles. The Kier molecular flexibility index (Phi) is 4.62. The molecule has 5 nitrogen and oxygen atoms in total. The van der Waals surface area contributed by atoms with E-state index in [1.807, 2.05) is 55.4 Å². The average molecular weight is 328 g/mol. The minimum absolute atomic E-state index is 0.0115. The SMILES string of the molecule is COc1ccccc1C1(C(=O)NCC(c2ccco2)N(C)C)CC1. The summed E-state index contributed by atoms with van der Waals surface area (Å²) in [6.07, 6.45) is 3.37. The molecule has 1 fully saturated rings. The normalized spacial score (nSPS) is 16.7. The molecule has 0 radical (unpaired) electrons. The zero-order valence-electron chi connectivity index (χ0n) is 14.4. The Hall–Kier alpha value is -2.27. The summed E-state index contributed by atoms with van der Waals surface area (Å²) in [6.45, 7) is 0.510. The van der Waals surface area contributed by atoms with Crippen molar-refractivity contribution in [2.75, 3.05) is 27.7 Å². The van der Waals surface area contributed by atoms with Gasteiger partial charge in [-0.15, -0.1) is 0 Å². The van der Waals surface area contributed by atoms with E-state index in [2.05, 4.69) is 5.32 Å². The Balaban J connectivity index is 1.73. The third-order valence-corrected chi connectivity index (χ3v) is 4.76. The number of para-hydroxylation sites is 1. The standard InChI is InChI=1S/C19H24N2O3/c1-21(2)15(17-9-6-12-24-17)13-20-18(22)19(10-11-19)14-7-4-5-8-16(14)23-3/h4-9,12,15H,10-11,13H2,1-3H3,(H,20,22). The van der Waals surface area contributed by atoms with E-state index >= 15 is 0 Å². The second-order valence-corrected chi connectivity index (χ2v) is 6.49. The van der Waals surface area contributed by atoms with Crippen molar-refractivity contribution < 1.29 is 13.9 Å². The lowest BCUT2D eigenvalue weighted by atomic mass is 9.94. The number of carbonyl (C=O) groups is 1. The first kappa shape index (κ1) is 16.6. The van der Waals surface area contributed by atoms with Crippen LogP contribution in [0.1, 0.15) is 30.2 Å². The Labute approximate surface area is 142 Å². The molecule has 1 saturated carbocycles.